The van der Waals surface area contributed by atoms with Gasteiger partial charge >= 0.3 is 0 Å². The maximum absolute atomic E-state index is 12.6. The first-order valence-electron chi connectivity index (χ1n) is 14.3. The third kappa shape index (κ3) is 8.76. The number of anilines is 1. The summed E-state index contributed by atoms with van der Waals surface area (Å²) in [6.07, 6.45) is 16.1. The summed E-state index contributed by atoms with van der Waals surface area (Å²) >= 11 is 0. The average Bonchev–Trinajstić information content (AvgIpc) is 2.96. The number of amides is 1. The van der Waals surface area contributed by atoms with Crippen LogP contribution in [0.15, 0.2) is 48.8 Å². The van der Waals surface area contributed by atoms with Gasteiger partial charge in [-0.05, 0) is 37.3 Å². The van der Waals surface area contributed by atoms with Gasteiger partial charge < -0.3 is 15.5 Å². The molecule has 3 heterocycles. The van der Waals surface area contributed by atoms with E-state index in [1.807, 2.05) is 11.0 Å². The summed E-state index contributed by atoms with van der Waals surface area (Å²) in [5.41, 5.74) is 11.4. The summed E-state index contributed by atoms with van der Waals surface area (Å²) < 4.78 is 0. The van der Waals surface area contributed by atoms with Gasteiger partial charge in [-0.2, -0.15) is 0 Å². The van der Waals surface area contributed by atoms with Crippen molar-refractivity contribution in [3.63, 3.8) is 0 Å². The second kappa shape index (κ2) is 15.0. The Bertz CT molecular complexity index is 905. The minimum atomic E-state index is 0.115. The molecule has 0 saturated carbocycles. The number of rotatable bonds is 13. The van der Waals surface area contributed by atoms with Crippen LogP contribution in [0.25, 0.3) is 0 Å². The van der Waals surface area contributed by atoms with Crippen molar-refractivity contribution in [1.29, 1.82) is 0 Å². The number of hydrazine groups is 1. The first-order chi connectivity index (χ1) is 18.2. The summed E-state index contributed by atoms with van der Waals surface area (Å²) in [4.78, 5) is 25.3. The molecule has 2 unspecified atom stereocenters. The number of nitrogens with two attached hydrogens (primary N) is 1. The molecule has 0 aliphatic carbocycles. The van der Waals surface area contributed by atoms with E-state index in [1.54, 1.807) is 12.4 Å². The first kappa shape index (κ1) is 27.5. The highest BCUT2D eigenvalue weighted by Crippen LogP contribution is 2.24. The van der Waals surface area contributed by atoms with Crippen molar-refractivity contribution in [2.75, 3.05) is 37.6 Å². The summed E-state index contributed by atoms with van der Waals surface area (Å²) in [6.45, 7) is 4.16. The Morgan fingerprint density at radius 1 is 0.838 bits per heavy atom. The van der Waals surface area contributed by atoms with Crippen molar-refractivity contribution in [3.8, 4) is 0 Å². The summed E-state index contributed by atoms with van der Waals surface area (Å²) in [5.74, 6) is 1.06. The van der Waals surface area contributed by atoms with Crippen molar-refractivity contribution < 1.29 is 4.79 Å². The Balaban J connectivity index is 0.984. The maximum Gasteiger partial charge on any atom is 0.225 e. The SMILES string of the molecule is NC1CCC(c2ccccc2)NN1CCCCCCCCCCC(=O)N1CCN(c2ncccn2)CC1. The fourth-order valence-corrected chi connectivity index (χ4v) is 5.40. The molecule has 2 atom stereocenters. The molecule has 1 aromatic heterocycles. The van der Waals surface area contributed by atoms with E-state index >= 15 is 0 Å². The number of unbranched alkanes of at least 4 members (excludes halogenated alkanes) is 7. The molecule has 8 nitrogen and oxygen atoms in total. The van der Waals surface area contributed by atoms with Crippen molar-refractivity contribution in [1.82, 2.24) is 25.3 Å². The molecule has 0 radical (unpaired) electrons. The number of hydrogen-bond acceptors (Lipinski definition) is 7. The highest BCUT2D eigenvalue weighted by Gasteiger charge is 2.25. The van der Waals surface area contributed by atoms with Crippen LogP contribution >= 0.6 is 0 Å². The molecule has 202 valence electrons. The molecule has 37 heavy (non-hydrogen) atoms. The van der Waals surface area contributed by atoms with Gasteiger partial charge in [-0.3, -0.25) is 4.79 Å². The van der Waals surface area contributed by atoms with Crippen LogP contribution < -0.4 is 16.1 Å². The Labute approximate surface area is 222 Å². The number of hydrogen-bond donors (Lipinski definition) is 2. The quantitative estimate of drug-likeness (QED) is 0.392. The zero-order chi connectivity index (χ0) is 25.7. The van der Waals surface area contributed by atoms with E-state index in [9.17, 15) is 4.79 Å². The van der Waals surface area contributed by atoms with Crippen molar-refractivity contribution in [3.05, 3.63) is 54.4 Å². The minimum absolute atomic E-state index is 0.115. The number of nitrogens with zero attached hydrogens (tertiary/aromatic N) is 5. The number of piperazine rings is 1. The van der Waals surface area contributed by atoms with Crippen molar-refractivity contribution >= 4 is 11.9 Å². The topological polar surface area (TPSA) is 90.6 Å². The zero-order valence-corrected chi connectivity index (χ0v) is 22.3. The highest BCUT2D eigenvalue weighted by molar-refractivity contribution is 5.76. The minimum Gasteiger partial charge on any atom is -0.339 e. The van der Waals surface area contributed by atoms with E-state index in [-0.39, 0.29) is 6.17 Å². The fourth-order valence-electron chi connectivity index (χ4n) is 5.40. The van der Waals surface area contributed by atoms with E-state index < -0.39 is 0 Å². The van der Waals surface area contributed by atoms with Crippen molar-refractivity contribution in [2.45, 2.75) is 82.8 Å². The molecule has 0 spiro atoms. The van der Waals surface area contributed by atoms with E-state index in [0.717, 1.165) is 64.4 Å². The van der Waals surface area contributed by atoms with Gasteiger partial charge in [0.1, 0.15) is 0 Å². The molecule has 3 N–H and O–H groups in total. The Hall–Kier alpha value is -2.55. The average molecular weight is 508 g/mol. The maximum atomic E-state index is 12.6. The van der Waals surface area contributed by atoms with Gasteiger partial charge in [0.05, 0.1) is 6.17 Å². The molecule has 2 saturated heterocycles. The highest BCUT2D eigenvalue weighted by atomic mass is 16.2. The van der Waals surface area contributed by atoms with Crippen LogP contribution in [0, 0.1) is 0 Å². The lowest BCUT2D eigenvalue weighted by Crippen LogP contribution is -2.55. The number of carbonyl (C=O) groups is 1. The second-order valence-corrected chi connectivity index (χ2v) is 10.4. The lowest BCUT2D eigenvalue weighted by molar-refractivity contribution is -0.131. The predicted molar refractivity (Wildman–Crippen MR) is 149 cm³/mol. The molecule has 8 heteroatoms. The molecule has 2 aliphatic heterocycles. The predicted octanol–water partition coefficient (Wildman–Crippen LogP) is 4.26. The third-order valence-electron chi connectivity index (χ3n) is 7.68. The lowest BCUT2D eigenvalue weighted by atomic mass is 9.99. The van der Waals surface area contributed by atoms with E-state index in [1.165, 1.54) is 44.1 Å². The third-order valence-corrected chi connectivity index (χ3v) is 7.68. The number of nitrogens with one attached hydrogen (secondary N) is 1. The van der Waals surface area contributed by atoms with Crippen LogP contribution in [0.1, 0.15) is 82.2 Å². The standard InChI is InChI=1S/C29H45N7O/c30-27-17-16-26(25-13-8-7-9-14-25)33-36(27)20-11-6-4-2-1-3-5-10-15-28(37)34-21-23-35(24-22-34)29-31-18-12-19-32-29/h7-9,12-14,18-19,26-27,33H,1-6,10-11,15-17,20-24,30H2. The molecular weight excluding hydrogens is 462 g/mol. The van der Waals surface area contributed by atoms with Gasteiger partial charge in [0, 0.05) is 57.6 Å². The molecule has 4 rings (SSSR count). The van der Waals surface area contributed by atoms with Gasteiger partial charge in [-0.25, -0.2) is 20.4 Å². The van der Waals surface area contributed by atoms with Crippen LogP contribution in [0.2, 0.25) is 0 Å². The monoisotopic (exact) mass is 507 g/mol. The Morgan fingerprint density at radius 2 is 1.49 bits per heavy atom. The second-order valence-electron chi connectivity index (χ2n) is 10.4. The summed E-state index contributed by atoms with van der Waals surface area (Å²) in [7, 11) is 0. The van der Waals surface area contributed by atoms with E-state index in [0.29, 0.717) is 18.4 Å². The number of benzene rings is 1. The normalized spacial score (nSPS) is 20.8. The smallest absolute Gasteiger partial charge is 0.225 e. The Kier molecular flexibility index (Phi) is 11.1. The van der Waals surface area contributed by atoms with Crippen LogP contribution in [0.5, 0.6) is 0 Å². The Morgan fingerprint density at radius 3 is 2.19 bits per heavy atom. The van der Waals surface area contributed by atoms with Crippen molar-refractivity contribution in [2.24, 2.45) is 5.73 Å². The molecule has 1 amide bonds. The van der Waals surface area contributed by atoms with E-state index in [4.69, 9.17) is 5.73 Å². The van der Waals surface area contributed by atoms with Gasteiger partial charge in [-0.15, -0.1) is 0 Å². The summed E-state index contributed by atoms with van der Waals surface area (Å²) in [5, 5.41) is 2.26. The lowest BCUT2D eigenvalue weighted by Gasteiger charge is -2.39. The number of aromatic nitrogens is 2. The van der Waals surface area contributed by atoms with Crippen LogP contribution in [0.4, 0.5) is 5.95 Å². The molecule has 2 aromatic rings. The van der Waals surface area contributed by atoms with Gasteiger partial charge in [0.25, 0.3) is 0 Å². The molecule has 1 aromatic carbocycles. The molecule has 2 aliphatic rings. The van der Waals surface area contributed by atoms with Crippen LogP contribution in [0.3, 0.4) is 0 Å². The largest absolute Gasteiger partial charge is 0.339 e. The van der Waals surface area contributed by atoms with Gasteiger partial charge in [0.15, 0.2) is 0 Å². The number of carbonyl (C=O) groups excluding carboxylic acids is 1. The first-order valence-corrected chi connectivity index (χ1v) is 14.3. The molecule has 0 bridgehead atoms. The fraction of sp³-hybridized carbons (Fsp3) is 0.621. The molecule has 2 fully saturated rings. The van der Waals surface area contributed by atoms with E-state index in [2.05, 4.69) is 55.6 Å². The zero-order valence-electron chi connectivity index (χ0n) is 22.3. The summed E-state index contributed by atoms with van der Waals surface area (Å²) in [6, 6.07) is 12.9. The van der Waals surface area contributed by atoms with Crippen LogP contribution in [-0.2, 0) is 4.79 Å². The molecular formula is C29H45N7O. The van der Waals surface area contributed by atoms with Gasteiger partial charge in [0.2, 0.25) is 11.9 Å². The van der Waals surface area contributed by atoms with Crippen LogP contribution in [-0.4, -0.2) is 64.7 Å². The van der Waals surface area contributed by atoms with Gasteiger partial charge in [-0.1, -0.05) is 68.9 Å².